The molecule has 0 bridgehead atoms. The topological polar surface area (TPSA) is 29.0 Å². The Hall–Kier alpha value is -1.61. The van der Waals surface area contributed by atoms with Crippen molar-refractivity contribution < 1.29 is 0 Å². The third kappa shape index (κ3) is 2.79. The monoisotopic (exact) mass is 261 g/mol. The van der Waals surface area contributed by atoms with Crippen LogP contribution in [0.25, 0.3) is 0 Å². The van der Waals surface area contributed by atoms with E-state index in [4.69, 9.17) is 11.6 Å². The van der Waals surface area contributed by atoms with Crippen LogP contribution in [0, 0.1) is 13.8 Å². The van der Waals surface area contributed by atoms with Crippen LogP contribution in [-0.2, 0) is 0 Å². The molecule has 0 amide bonds. The van der Waals surface area contributed by atoms with Gasteiger partial charge in [0.15, 0.2) is 0 Å². The molecular weight excluding hydrogens is 246 g/mol. The first kappa shape index (κ1) is 12.8. The molecule has 3 nitrogen and oxygen atoms in total. The SMILES string of the molecule is CCN(c1cccc(C)c1)c1cc(Cl)nc(C)n1. The van der Waals surface area contributed by atoms with E-state index in [0.29, 0.717) is 11.0 Å². The Balaban J connectivity index is 2.45. The second-order valence-electron chi connectivity index (χ2n) is 4.18. The number of rotatable bonds is 3. The van der Waals surface area contributed by atoms with Crippen LogP contribution in [0.15, 0.2) is 30.3 Å². The van der Waals surface area contributed by atoms with Crippen molar-refractivity contribution in [3.05, 3.63) is 46.9 Å². The molecular formula is C14H16ClN3. The number of halogens is 1. The summed E-state index contributed by atoms with van der Waals surface area (Å²) < 4.78 is 0. The molecule has 94 valence electrons. The van der Waals surface area contributed by atoms with Crippen LogP contribution < -0.4 is 4.90 Å². The van der Waals surface area contributed by atoms with Crippen molar-refractivity contribution in [3.8, 4) is 0 Å². The van der Waals surface area contributed by atoms with E-state index < -0.39 is 0 Å². The first-order valence-corrected chi connectivity index (χ1v) is 6.33. The van der Waals surface area contributed by atoms with Crippen LogP contribution in [-0.4, -0.2) is 16.5 Å². The largest absolute Gasteiger partial charge is 0.327 e. The highest BCUT2D eigenvalue weighted by molar-refractivity contribution is 6.29. The molecule has 1 heterocycles. The molecule has 0 saturated carbocycles. The first-order valence-electron chi connectivity index (χ1n) is 5.95. The molecule has 0 unspecified atom stereocenters. The minimum absolute atomic E-state index is 0.476. The van der Waals surface area contributed by atoms with Crippen molar-refractivity contribution in [2.75, 3.05) is 11.4 Å². The summed E-state index contributed by atoms with van der Waals surface area (Å²) in [6.07, 6.45) is 0. The predicted molar refractivity (Wildman–Crippen MR) is 75.6 cm³/mol. The molecule has 0 saturated heterocycles. The van der Waals surface area contributed by atoms with Gasteiger partial charge in [-0.2, -0.15) is 0 Å². The Morgan fingerprint density at radius 3 is 2.56 bits per heavy atom. The van der Waals surface area contributed by atoms with Crippen LogP contribution in [0.1, 0.15) is 18.3 Å². The van der Waals surface area contributed by atoms with E-state index in [0.717, 1.165) is 18.1 Å². The second-order valence-corrected chi connectivity index (χ2v) is 4.57. The van der Waals surface area contributed by atoms with E-state index in [9.17, 15) is 0 Å². The molecule has 0 atom stereocenters. The van der Waals surface area contributed by atoms with E-state index in [2.05, 4.69) is 46.9 Å². The standard InChI is InChI=1S/C14H16ClN3/c1-4-18(12-7-5-6-10(2)8-12)14-9-13(15)16-11(3)17-14/h5-9H,4H2,1-3H3. The molecule has 2 rings (SSSR count). The lowest BCUT2D eigenvalue weighted by atomic mass is 10.2. The third-order valence-corrected chi connectivity index (χ3v) is 2.89. The van der Waals surface area contributed by atoms with Crippen molar-refractivity contribution in [3.63, 3.8) is 0 Å². The number of hydrogen-bond donors (Lipinski definition) is 0. The van der Waals surface area contributed by atoms with Gasteiger partial charge in [-0.25, -0.2) is 9.97 Å². The van der Waals surface area contributed by atoms with Crippen molar-refractivity contribution in [2.24, 2.45) is 0 Å². The van der Waals surface area contributed by atoms with E-state index in [-0.39, 0.29) is 0 Å². The zero-order valence-corrected chi connectivity index (χ0v) is 11.6. The Labute approximate surface area is 112 Å². The van der Waals surface area contributed by atoms with Gasteiger partial charge in [-0.3, -0.25) is 0 Å². The van der Waals surface area contributed by atoms with Gasteiger partial charge in [-0.05, 0) is 38.5 Å². The molecule has 0 aliphatic heterocycles. The van der Waals surface area contributed by atoms with Crippen molar-refractivity contribution in [2.45, 2.75) is 20.8 Å². The maximum atomic E-state index is 5.99. The van der Waals surface area contributed by atoms with Gasteiger partial charge in [0.25, 0.3) is 0 Å². The van der Waals surface area contributed by atoms with Gasteiger partial charge >= 0.3 is 0 Å². The molecule has 18 heavy (non-hydrogen) atoms. The molecule has 4 heteroatoms. The quantitative estimate of drug-likeness (QED) is 0.785. The molecule has 0 fully saturated rings. The number of hydrogen-bond acceptors (Lipinski definition) is 3. The maximum absolute atomic E-state index is 5.99. The minimum Gasteiger partial charge on any atom is -0.327 e. The first-order chi connectivity index (χ1) is 8.60. The summed E-state index contributed by atoms with van der Waals surface area (Å²) in [5.74, 6) is 1.52. The van der Waals surface area contributed by atoms with E-state index in [1.54, 1.807) is 6.07 Å². The van der Waals surface area contributed by atoms with Crippen LogP contribution in [0.4, 0.5) is 11.5 Å². The Morgan fingerprint density at radius 2 is 1.94 bits per heavy atom. The van der Waals surface area contributed by atoms with E-state index >= 15 is 0 Å². The van der Waals surface area contributed by atoms with Crippen molar-refractivity contribution in [1.29, 1.82) is 0 Å². The van der Waals surface area contributed by atoms with Crippen molar-refractivity contribution in [1.82, 2.24) is 9.97 Å². The fourth-order valence-electron chi connectivity index (χ4n) is 1.93. The van der Waals surface area contributed by atoms with Crippen LogP contribution in [0.5, 0.6) is 0 Å². The van der Waals surface area contributed by atoms with Gasteiger partial charge in [-0.1, -0.05) is 23.7 Å². The molecule has 2 aromatic rings. The van der Waals surface area contributed by atoms with E-state index in [1.807, 2.05) is 13.0 Å². The lowest BCUT2D eigenvalue weighted by Crippen LogP contribution is -2.18. The van der Waals surface area contributed by atoms with E-state index in [1.165, 1.54) is 5.56 Å². The predicted octanol–water partition coefficient (Wildman–Crippen LogP) is 3.90. The number of nitrogens with zero attached hydrogens (tertiary/aromatic N) is 3. The summed E-state index contributed by atoms with van der Waals surface area (Å²) in [5.41, 5.74) is 2.34. The number of aromatic nitrogens is 2. The minimum atomic E-state index is 0.476. The molecule has 0 N–H and O–H groups in total. The van der Waals surface area contributed by atoms with Crippen LogP contribution >= 0.6 is 11.6 Å². The lowest BCUT2D eigenvalue weighted by molar-refractivity contribution is 0.950. The number of benzene rings is 1. The highest BCUT2D eigenvalue weighted by Gasteiger charge is 2.10. The molecule has 1 aromatic carbocycles. The van der Waals surface area contributed by atoms with Gasteiger partial charge in [0.2, 0.25) is 0 Å². The Bertz CT molecular complexity index is 534. The summed E-state index contributed by atoms with van der Waals surface area (Å²) in [4.78, 5) is 10.7. The second kappa shape index (κ2) is 5.36. The summed E-state index contributed by atoms with van der Waals surface area (Å²) >= 11 is 5.99. The smallest absolute Gasteiger partial charge is 0.138 e. The zero-order valence-electron chi connectivity index (χ0n) is 10.8. The molecule has 0 radical (unpaired) electrons. The average Bonchev–Trinajstić information content (AvgIpc) is 2.28. The van der Waals surface area contributed by atoms with Gasteiger partial charge in [-0.15, -0.1) is 0 Å². The van der Waals surface area contributed by atoms with Gasteiger partial charge < -0.3 is 4.90 Å². The summed E-state index contributed by atoms with van der Waals surface area (Å²) in [6, 6.07) is 10.1. The van der Waals surface area contributed by atoms with Gasteiger partial charge in [0, 0.05) is 18.3 Å². The summed E-state index contributed by atoms with van der Waals surface area (Å²) in [5, 5.41) is 0.476. The van der Waals surface area contributed by atoms with Crippen LogP contribution in [0.2, 0.25) is 5.15 Å². The molecule has 0 spiro atoms. The van der Waals surface area contributed by atoms with Gasteiger partial charge in [0.05, 0.1) is 0 Å². The lowest BCUT2D eigenvalue weighted by Gasteiger charge is -2.22. The molecule has 1 aromatic heterocycles. The zero-order chi connectivity index (χ0) is 13.1. The third-order valence-electron chi connectivity index (χ3n) is 2.70. The number of aryl methyl sites for hydroxylation is 2. The maximum Gasteiger partial charge on any atom is 0.138 e. The van der Waals surface area contributed by atoms with Crippen LogP contribution in [0.3, 0.4) is 0 Å². The highest BCUT2D eigenvalue weighted by Crippen LogP contribution is 2.25. The fourth-order valence-corrected chi connectivity index (χ4v) is 2.15. The summed E-state index contributed by atoms with van der Waals surface area (Å²) in [6.45, 7) is 6.85. The fraction of sp³-hybridized carbons (Fsp3) is 0.286. The van der Waals surface area contributed by atoms with Crippen molar-refractivity contribution >= 4 is 23.1 Å². The Morgan fingerprint density at radius 1 is 1.17 bits per heavy atom. The normalized spacial score (nSPS) is 10.4. The molecule has 0 aliphatic carbocycles. The highest BCUT2D eigenvalue weighted by atomic mass is 35.5. The summed E-state index contributed by atoms with van der Waals surface area (Å²) in [7, 11) is 0. The molecule has 0 aliphatic rings. The number of anilines is 2. The van der Waals surface area contributed by atoms with Gasteiger partial charge in [0.1, 0.15) is 16.8 Å². The average molecular weight is 262 g/mol. The Kier molecular flexibility index (Phi) is 3.82.